The molecule has 0 fully saturated rings. The van der Waals surface area contributed by atoms with Gasteiger partial charge in [0.05, 0.1) is 0 Å². The molecular formula is C12H14F3NO2. The van der Waals surface area contributed by atoms with Crippen LogP contribution >= 0.6 is 0 Å². The largest absolute Gasteiger partial charge is 0.396 e. The Morgan fingerprint density at radius 1 is 1.28 bits per heavy atom. The Morgan fingerprint density at radius 3 is 2.22 bits per heavy atom. The predicted octanol–water partition coefficient (Wildman–Crippen LogP) is 1.99. The average Bonchev–Trinajstić information content (AvgIpc) is 2.13. The van der Waals surface area contributed by atoms with Crippen LogP contribution < -0.4 is 5.32 Å². The molecule has 1 aromatic carbocycles. The van der Waals surface area contributed by atoms with Crippen LogP contribution in [-0.4, -0.2) is 23.2 Å². The molecule has 0 unspecified atom stereocenters. The van der Waals surface area contributed by atoms with Crippen molar-refractivity contribution in [2.24, 2.45) is 0 Å². The molecule has 1 rings (SSSR count). The van der Waals surface area contributed by atoms with E-state index in [2.05, 4.69) is 5.32 Å². The fraction of sp³-hybridized carbons (Fsp3) is 0.417. The third kappa shape index (κ3) is 3.46. The second-order valence-corrected chi connectivity index (χ2v) is 4.56. The highest BCUT2D eigenvalue weighted by molar-refractivity contribution is 5.95. The van der Waals surface area contributed by atoms with Crippen molar-refractivity contribution >= 4 is 5.91 Å². The fourth-order valence-corrected chi connectivity index (χ4v) is 1.47. The maximum atomic E-state index is 13.3. The molecule has 0 heterocycles. The number of aliphatic hydroxyl groups is 1. The molecule has 0 saturated heterocycles. The fourth-order valence-electron chi connectivity index (χ4n) is 1.47. The third-order valence-corrected chi connectivity index (χ3v) is 2.42. The van der Waals surface area contributed by atoms with Crippen molar-refractivity contribution < 1.29 is 23.1 Å². The van der Waals surface area contributed by atoms with E-state index in [-0.39, 0.29) is 13.0 Å². The quantitative estimate of drug-likeness (QED) is 0.870. The number of carbonyl (C=O) groups excluding carboxylic acids is 1. The normalized spacial score (nSPS) is 11.4. The van der Waals surface area contributed by atoms with Gasteiger partial charge >= 0.3 is 0 Å². The van der Waals surface area contributed by atoms with Gasteiger partial charge in [0.15, 0.2) is 0 Å². The highest BCUT2D eigenvalue weighted by Crippen LogP contribution is 2.16. The van der Waals surface area contributed by atoms with Crippen LogP contribution in [0.25, 0.3) is 0 Å². The van der Waals surface area contributed by atoms with E-state index in [1.165, 1.54) is 0 Å². The minimum absolute atomic E-state index is 0.179. The molecule has 18 heavy (non-hydrogen) atoms. The zero-order valence-electron chi connectivity index (χ0n) is 10.1. The number of amides is 1. The first-order chi connectivity index (χ1) is 8.26. The van der Waals surface area contributed by atoms with Crippen LogP contribution in [0.5, 0.6) is 0 Å². The summed E-state index contributed by atoms with van der Waals surface area (Å²) in [5.41, 5.74) is -1.65. The van der Waals surface area contributed by atoms with Crippen molar-refractivity contribution in [3.05, 3.63) is 35.1 Å². The van der Waals surface area contributed by atoms with Crippen molar-refractivity contribution in [1.29, 1.82) is 0 Å². The van der Waals surface area contributed by atoms with Crippen molar-refractivity contribution in [2.45, 2.75) is 25.8 Å². The van der Waals surface area contributed by atoms with E-state index in [0.717, 1.165) is 0 Å². The molecule has 3 nitrogen and oxygen atoms in total. The Hall–Kier alpha value is -1.56. The zero-order valence-corrected chi connectivity index (χ0v) is 10.1. The van der Waals surface area contributed by atoms with E-state index in [1.54, 1.807) is 13.8 Å². The van der Waals surface area contributed by atoms with E-state index in [1.807, 2.05) is 0 Å². The molecule has 6 heteroatoms. The minimum atomic E-state index is -1.26. The molecule has 100 valence electrons. The number of nitrogens with one attached hydrogen (secondary N) is 1. The van der Waals surface area contributed by atoms with Crippen molar-refractivity contribution in [1.82, 2.24) is 5.32 Å². The topological polar surface area (TPSA) is 49.3 Å². The number of carbonyl (C=O) groups is 1. The number of benzene rings is 1. The van der Waals surface area contributed by atoms with Gasteiger partial charge in [-0.15, -0.1) is 0 Å². The van der Waals surface area contributed by atoms with E-state index >= 15 is 0 Å². The second-order valence-electron chi connectivity index (χ2n) is 4.56. The lowest BCUT2D eigenvalue weighted by Crippen LogP contribution is -2.44. The molecule has 0 atom stereocenters. The molecule has 0 radical (unpaired) electrons. The molecule has 0 aliphatic heterocycles. The van der Waals surface area contributed by atoms with Gasteiger partial charge in [-0.2, -0.15) is 0 Å². The first-order valence-corrected chi connectivity index (χ1v) is 5.35. The van der Waals surface area contributed by atoms with Crippen LogP contribution in [0.4, 0.5) is 13.2 Å². The summed E-state index contributed by atoms with van der Waals surface area (Å²) in [5, 5.41) is 11.2. The monoisotopic (exact) mass is 261 g/mol. The van der Waals surface area contributed by atoms with Crippen molar-refractivity contribution in [2.75, 3.05) is 6.61 Å². The van der Waals surface area contributed by atoms with Crippen LogP contribution in [0.2, 0.25) is 0 Å². The van der Waals surface area contributed by atoms with Gasteiger partial charge < -0.3 is 10.4 Å². The van der Waals surface area contributed by atoms with E-state index in [0.29, 0.717) is 12.1 Å². The second kappa shape index (κ2) is 5.39. The van der Waals surface area contributed by atoms with Gasteiger partial charge in [0.2, 0.25) is 0 Å². The molecule has 0 aliphatic carbocycles. The Labute approximate surface area is 103 Å². The van der Waals surface area contributed by atoms with Crippen LogP contribution in [0.1, 0.15) is 30.6 Å². The molecule has 0 spiro atoms. The predicted molar refractivity (Wildman–Crippen MR) is 59.6 cm³/mol. The number of hydrogen-bond acceptors (Lipinski definition) is 2. The molecule has 1 amide bonds. The summed E-state index contributed by atoms with van der Waals surface area (Å²) in [6.45, 7) is 3.02. The molecule has 0 aromatic heterocycles. The Balaban J connectivity index is 2.98. The number of halogens is 3. The SMILES string of the molecule is CC(C)(CCO)NC(=O)c1c(F)cc(F)cc1F. The van der Waals surface area contributed by atoms with Gasteiger partial charge in [0.25, 0.3) is 5.91 Å². The number of aliphatic hydroxyl groups excluding tert-OH is 1. The standard InChI is InChI=1S/C12H14F3NO2/c1-12(2,3-4-17)16-11(18)10-8(14)5-7(13)6-9(10)15/h5-6,17H,3-4H2,1-2H3,(H,16,18). The van der Waals surface area contributed by atoms with E-state index in [4.69, 9.17) is 5.11 Å². The molecule has 2 N–H and O–H groups in total. The molecule has 1 aromatic rings. The highest BCUT2D eigenvalue weighted by atomic mass is 19.1. The first-order valence-electron chi connectivity index (χ1n) is 5.35. The Bertz CT molecular complexity index is 438. The maximum Gasteiger partial charge on any atom is 0.257 e. The van der Waals surface area contributed by atoms with Gasteiger partial charge in [-0.3, -0.25) is 4.79 Å². The van der Waals surface area contributed by atoms with Gasteiger partial charge in [-0.25, -0.2) is 13.2 Å². The Kier molecular flexibility index (Phi) is 4.34. The summed E-state index contributed by atoms with van der Waals surface area (Å²) in [4.78, 5) is 11.7. The summed E-state index contributed by atoms with van der Waals surface area (Å²) in [5.74, 6) is -4.59. The third-order valence-electron chi connectivity index (χ3n) is 2.42. The summed E-state index contributed by atoms with van der Waals surface area (Å²) >= 11 is 0. The van der Waals surface area contributed by atoms with Gasteiger partial charge in [0, 0.05) is 24.3 Å². The van der Waals surface area contributed by atoms with Crippen molar-refractivity contribution in [3.63, 3.8) is 0 Å². The minimum Gasteiger partial charge on any atom is -0.396 e. The molecule has 0 aliphatic rings. The molecule has 0 saturated carbocycles. The molecular weight excluding hydrogens is 247 g/mol. The number of rotatable bonds is 4. The maximum absolute atomic E-state index is 13.3. The van der Waals surface area contributed by atoms with E-state index in [9.17, 15) is 18.0 Å². The molecule has 0 bridgehead atoms. The van der Waals surface area contributed by atoms with E-state index < -0.39 is 34.5 Å². The summed E-state index contributed by atoms with van der Waals surface area (Å²) < 4.78 is 39.4. The lowest BCUT2D eigenvalue weighted by Gasteiger charge is -2.25. The van der Waals surface area contributed by atoms with Gasteiger partial charge in [-0.1, -0.05) is 0 Å². The smallest absolute Gasteiger partial charge is 0.257 e. The van der Waals surface area contributed by atoms with Crippen LogP contribution in [-0.2, 0) is 0 Å². The Morgan fingerprint density at radius 2 is 1.78 bits per heavy atom. The zero-order chi connectivity index (χ0) is 13.9. The highest BCUT2D eigenvalue weighted by Gasteiger charge is 2.25. The van der Waals surface area contributed by atoms with Gasteiger partial charge in [0.1, 0.15) is 23.0 Å². The first kappa shape index (κ1) is 14.5. The summed E-state index contributed by atoms with van der Waals surface area (Å²) in [7, 11) is 0. The average molecular weight is 261 g/mol. The van der Waals surface area contributed by atoms with Crippen LogP contribution in [0.3, 0.4) is 0 Å². The number of hydrogen-bond donors (Lipinski definition) is 2. The van der Waals surface area contributed by atoms with Crippen LogP contribution in [0.15, 0.2) is 12.1 Å². The lowest BCUT2D eigenvalue weighted by molar-refractivity contribution is 0.0891. The summed E-state index contributed by atoms with van der Waals surface area (Å²) in [6, 6.07) is 0.883. The lowest BCUT2D eigenvalue weighted by atomic mass is 10.0. The summed E-state index contributed by atoms with van der Waals surface area (Å²) in [6.07, 6.45) is 0.225. The van der Waals surface area contributed by atoms with Crippen LogP contribution in [0, 0.1) is 17.5 Å². The van der Waals surface area contributed by atoms with Gasteiger partial charge in [-0.05, 0) is 20.3 Å². The van der Waals surface area contributed by atoms with Crippen molar-refractivity contribution in [3.8, 4) is 0 Å².